The van der Waals surface area contributed by atoms with Crippen LogP contribution < -0.4 is 0 Å². The van der Waals surface area contributed by atoms with Crippen molar-refractivity contribution in [1.82, 2.24) is 9.88 Å². The van der Waals surface area contributed by atoms with E-state index in [4.69, 9.17) is 9.47 Å². The number of methoxy groups -OCH3 is 1. The molecule has 1 aromatic heterocycles. The van der Waals surface area contributed by atoms with Gasteiger partial charge in [0.1, 0.15) is 0 Å². The standard InChI is InChI=1S/C18H24N2O3/c1-22-10-11-23-15-6-8-20(9-7-15)18(21)12-14-13-19-17-5-3-2-4-16(14)17/h2-5,13,15,19H,6-12H2,1H3. The SMILES string of the molecule is COCCOC1CCN(C(=O)Cc2c[nH]c3ccccc23)CC1. The molecule has 0 atom stereocenters. The Morgan fingerprint density at radius 2 is 2.04 bits per heavy atom. The van der Waals surface area contributed by atoms with Gasteiger partial charge >= 0.3 is 0 Å². The molecular formula is C18H24N2O3. The van der Waals surface area contributed by atoms with Crippen molar-refractivity contribution in [3.63, 3.8) is 0 Å². The Kier molecular flexibility index (Phi) is 5.31. The second kappa shape index (κ2) is 7.62. The van der Waals surface area contributed by atoms with Crippen molar-refractivity contribution in [1.29, 1.82) is 0 Å². The van der Waals surface area contributed by atoms with E-state index in [0.29, 0.717) is 19.6 Å². The zero-order valence-electron chi connectivity index (χ0n) is 13.6. The number of aromatic nitrogens is 1. The quantitative estimate of drug-likeness (QED) is 0.833. The molecule has 0 radical (unpaired) electrons. The summed E-state index contributed by atoms with van der Waals surface area (Å²) in [5.74, 6) is 0.199. The lowest BCUT2D eigenvalue weighted by Gasteiger charge is -2.32. The minimum Gasteiger partial charge on any atom is -0.382 e. The van der Waals surface area contributed by atoms with Crippen LogP contribution in [-0.4, -0.2) is 55.3 Å². The fourth-order valence-corrected chi connectivity index (χ4v) is 3.12. The van der Waals surface area contributed by atoms with Crippen LogP contribution in [-0.2, 0) is 20.7 Å². The van der Waals surface area contributed by atoms with E-state index in [1.54, 1.807) is 7.11 Å². The lowest BCUT2D eigenvalue weighted by molar-refractivity contribution is -0.133. The van der Waals surface area contributed by atoms with Gasteiger partial charge in [-0.2, -0.15) is 0 Å². The molecule has 0 unspecified atom stereocenters. The van der Waals surface area contributed by atoms with E-state index in [1.807, 2.05) is 29.3 Å². The van der Waals surface area contributed by atoms with Gasteiger partial charge in [-0.3, -0.25) is 4.79 Å². The predicted octanol–water partition coefficient (Wildman–Crippen LogP) is 2.36. The van der Waals surface area contributed by atoms with E-state index in [0.717, 1.165) is 42.4 Å². The molecule has 0 bridgehead atoms. The highest BCUT2D eigenvalue weighted by atomic mass is 16.5. The molecule has 2 aromatic rings. The Morgan fingerprint density at radius 3 is 2.83 bits per heavy atom. The van der Waals surface area contributed by atoms with Gasteiger partial charge in [-0.25, -0.2) is 0 Å². The van der Waals surface area contributed by atoms with Crippen LogP contribution in [0, 0.1) is 0 Å². The van der Waals surface area contributed by atoms with Crippen LogP contribution in [0.1, 0.15) is 18.4 Å². The summed E-state index contributed by atoms with van der Waals surface area (Å²) in [4.78, 5) is 17.7. The van der Waals surface area contributed by atoms with Gasteiger partial charge in [0.15, 0.2) is 0 Å². The van der Waals surface area contributed by atoms with Crippen molar-refractivity contribution >= 4 is 16.8 Å². The van der Waals surface area contributed by atoms with Crippen molar-refractivity contribution in [2.45, 2.75) is 25.4 Å². The summed E-state index contributed by atoms with van der Waals surface area (Å²) >= 11 is 0. The van der Waals surface area contributed by atoms with Crippen molar-refractivity contribution in [3.05, 3.63) is 36.0 Å². The lowest BCUT2D eigenvalue weighted by Crippen LogP contribution is -2.41. The van der Waals surface area contributed by atoms with E-state index >= 15 is 0 Å². The van der Waals surface area contributed by atoms with Gasteiger partial charge < -0.3 is 19.4 Å². The molecule has 1 aliphatic heterocycles. The number of H-pyrrole nitrogens is 1. The molecule has 3 rings (SSSR count). The van der Waals surface area contributed by atoms with Gasteiger partial charge in [0.25, 0.3) is 0 Å². The zero-order valence-corrected chi connectivity index (χ0v) is 13.6. The van der Waals surface area contributed by atoms with Crippen LogP contribution >= 0.6 is 0 Å². The van der Waals surface area contributed by atoms with Gasteiger partial charge in [0.2, 0.25) is 5.91 Å². The average molecular weight is 316 g/mol. The maximum atomic E-state index is 12.5. The summed E-state index contributed by atoms with van der Waals surface area (Å²) in [6.45, 7) is 2.81. The molecule has 0 aliphatic carbocycles. The summed E-state index contributed by atoms with van der Waals surface area (Å²) in [5.41, 5.74) is 2.16. The highest BCUT2D eigenvalue weighted by Crippen LogP contribution is 2.20. The number of para-hydroxylation sites is 1. The fourth-order valence-electron chi connectivity index (χ4n) is 3.12. The summed E-state index contributed by atoms with van der Waals surface area (Å²) < 4.78 is 10.7. The number of fused-ring (bicyclic) bond motifs is 1. The first-order valence-electron chi connectivity index (χ1n) is 8.21. The summed E-state index contributed by atoms with van der Waals surface area (Å²) in [5, 5.41) is 1.14. The minimum atomic E-state index is 0.199. The maximum absolute atomic E-state index is 12.5. The van der Waals surface area contributed by atoms with Gasteiger partial charge in [0.05, 0.1) is 25.7 Å². The number of amides is 1. The number of carbonyl (C=O) groups excluding carboxylic acids is 1. The maximum Gasteiger partial charge on any atom is 0.227 e. The van der Waals surface area contributed by atoms with Gasteiger partial charge in [-0.05, 0) is 24.5 Å². The molecule has 5 heteroatoms. The third-order valence-electron chi connectivity index (χ3n) is 4.45. The third kappa shape index (κ3) is 3.92. The van der Waals surface area contributed by atoms with Crippen LogP contribution in [0.2, 0.25) is 0 Å². The van der Waals surface area contributed by atoms with Crippen LogP contribution in [0.25, 0.3) is 10.9 Å². The third-order valence-corrected chi connectivity index (χ3v) is 4.45. The first-order chi connectivity index (χ1) is 11.3. The monoisotopic (exact) mass is 316 g/mol. The fraction of sp³-hybridized carbons (Fsp3) is 0.500. The van der Waals surface area contributed by atoms with E-state index in [1.165, 1.54) is 0 Å². The first-order valence-corrected chi connectivity index (χ1v) is 8.21. The Labute approximate surface area is 136 Å². The Hall–Kier alpha value is -1.85. The molecule has 23 heavy (non-hydrogen) atoms. The van der Waals surface area contributed by atoms with E-state index < -0.39 is 0 Å². The number of hydrogen-bond acceptors (Lipinski definition) is 3. The number of ether oxygens (including phenoxy) is 2. The van der Waals surface area contributed by atoms with Crippen LogP contribution in [0.3, 0.4) is 0 Å². The van der Waals surface area contributed by atoms with Gasteiger partial charge in [-0.15, -0.1) is 0 Å². The number of nitrogens with one attached hydrogen (secondary N) is 1. The molecule has 1 aromatic carbocycles. The number of benzene rings is 1. The van der Waals surface area contributed by atoms with Crippen molar-refractivity contribution in [2.24, 2.45) is 0 Å². The van der Waals surface area contributed by atoms with E-state index in [2.05, 4.69) is 11.1 Å². The second-order valence-corrected chi connectivity index (χ2v) is 5.98. The van der Waals surface area contributed by atoms with Crippen molar-refractivity contribution < 1.29 is 14.3 Å². The van der Waals surface area contributed by atoms with E-state index in [9.17, 15) is 4.79 Å². The second-order valence-electron chi connectivity index (χ2n) is 5.98. The molecule has 0 spiro atoms. The van der Waals surface area contributed by atoms with E-state index in [-0.39, 0.29) is 12.0 Å². The van der Waals surface area contributed by atoms with Crippen LogP contribution in [0.15, 0.2) is 30.5 Å². The highest BCUT2D eigenvalue weighted by molar-refractivity contribution is 5.88. The molecule has 2 heterocycles. The number of rotatable bonds is 6. The summed E-state index contributed by atoms with van der Waals surface area (Å²) in [7, 11) is 1.68. The van der Waals surface area contributed by atoms with Crippen molar-refractivity contribution in [3.8, 4) is 0 Å². The first kappa shape index (κ1) is 16.0. The van der Waals surface area contributed by atoms with Gasteiger partial charge in [-0.1, -0.05) is 18.2 Å². The Morgan fingerprint density at radius 1 is 1.26 bits per heavy atom. The summed E-state index contributed by atoms with van der Waals surface area (Å²) in [6, 6.07) is 8.10. The molecule has 124 valence electrons. The molecule has 1 aliphatic rings. The Bertz CT molecular complexity index is 645. The predicted molar refractivity (Wildman–Crippen MR) is 89.4 cm³/mol. The van der Waals surface area contributed by atoms with Crippen LogP contribution in [0.5, 0.6) is 0 Å². The molecule has 1 fully saturated rings. The van der Waals surface area contributed by atoms with Crippen LogP contribution in [0.4, 0.5) is 0 Å². The van der Waals surface area contributed by atoms with Gasteiger partial charge in [0, 0.05) is 37.3 Å². The molecular weight excluding hydrogens is 292 g/mol. The molecule has 1 saturated heterocycles. The number of piperidine rings is 1. The molecule has 0 saturated carbocycles. The number of hydrogen-bond donors (Lipinski definition) is 1. The lowest BCUT2D eigenvalue weighted by atomic mass is 10.1. The normalized spacial score (nSPS) is 16.1. The number of likely N-dealkylation sites (tertiary alicyclic amines) is 1. The smallest absolute Gasteiger partial charge is 0.227 e. The topological polar surface area (TPSA) is 54.6 Å². The Balaban J connectivity index is 1.52. The number of aromatic amines is 1. The number of carbonyl (C=O) groups is 1. The summed E-state index contributed by atoms with van der Waals surface area (Å²) in [6.07, 6.45) is 4.47. The number of nitrogens with zero attached hydrogens (tertiary/aromatic N) is 1. The largest absolute Gasteiger partial charge is 0.382 e. The van der Waals surface area contributed by atoms with Crippen molar-refractivity contribution in [2.75, 3.05) is 33.4 Å². The zero-order chi connectivity index (χ0) is 16.1. The molecule has 1 amide bonds. The molecule has 1 N–H and O–H groups in total. The molecule has 5 nitrogen and oxygen atoms in total. The minimum absolute atomic E-state index is 0.199. The average Bonchev–Trinajstić information content (AvgIpc) is 2.99. The highest BCUT2D eigenvalue weighted by Gasteiger charge is 2.23.